The van der Waals surface area contributed by atoms with Gasteiger partial charge in [-0.3, -0.25) is 4.79 Å². The lowest BCUT2D eigenvalue weighted by atomic mass is 10.0. The molecular formula is C14H19N5O2. The zero-order valence-corrected chi connectivity index (χ0v) is 12.0. The number of carbonyl (C=O) groups excluding carboxylic acids is 1. The highest BCUT2D eigenvalue weighted by Gasteiger charge is 2.26. The third-order valence-corrected chi connectivity index (χ3v) is 4.17. The van der Waals surface area contributed by atoms with Crippen molar-refractivity contribution < 1.29 is 9.90 Å². The van der Waals surface area contributed by atoms with E-state index in [-0.39, 0.29) is 5.91 Å². The summed E-state index contributed by atoms with van der Waals surface area (Å²) in [7, 11) is 2.03. The molecule has 7 nitrogen and oxygen atoms in total. The van der Waals surface area contributed by atoms with Crippen LogP contribution in [0, 0.1) is 0 Å². The average Bonchev–Trinajstić information content (AvgIpc) is 3.02. The molecule has 1 aliphatic rings. The lowest BCUT2D eigenvalue weighted by Gasteiger charge is -2.37. The number of H-pyrrole nitrogens is 1. The van der Waals surface area contributed by atoms with E-state index in [2.05, 4.69) is 19.9 Å². The van der Waals surface area contributed by atoms with Crippen LogP contribution in [-0.4, -0.2) is 63.7 Å². The first kappa shape index (κ1) is 13.8. The van der Waals surface area contributed by atoms with Gasteiger partial charge in [-0.1, -0.05) is 0 Å². The van der Waals surface area contributed by atoms with Crippen molar-refractivity contribution in [3.05, 3.63) is 18.6 Å². The summed E-state index contributed by atoms with van der Waals surface area (Å²) in [5.74, 6) is 0.722. The number of likely N-dealkylation sites (tertiary alicyclic amines) is 1. The Morgan fingerprint density at radius 2 is 2.24 bits per heavy atom. The van der Waals surface area contributed by atoms with Crippen molar-refractivity contribution >= 4 is 22.8 Å². The number of carbonyl (C=O) groups is 1. The zero-order chi connectivity index (χ0) is 14.8. The second-order valence-corrected chi connectivity index (χ2v) is 5.32. The maximum Gasteiger partial charge on any atom is 0.248 e. The number of aliphatic hydroxyl groups excluding tert-OH is 1. The van der Waals surface area contributed by atoms with Gasteiger partial charge in [0.15, 0.2) is 0 Å². The van der Waals surface area contributed by atoms with Crippen LogP contribution in [0.5, 0.6) is 0 Å². The molecule has 2 N–H and O–H groups in total. The molecule has 3 rings (SSSR count). The van der Waals surface area contributed by atoms with Crippen molar-refractivity contribution in [3.63, 3.8) is 0 Å². The van der Waals surface area contributed by atoms with Crippen molar-refractivity contribution in [3.8, 4) is 0 Å². The van der Waals surface area contributed by atoms with Crippen molar-refractivity contribution in [1.82, 2.24) is 19.9 Å². The highest BCUT2D eigenvalue weighted by molar-refractivity contribution is 5.87. The summed E-state index contributed by atoms with van der Waals surface area (Å²) in [6.45, 7) is 0.946. The number of amides is 1. The Kier molecular flexibility index (Phi) is 3.74. The van der Waals surface area contributed by atoms with Gasteiger partial charge in [0, 0.05) is 32.4 Å². The summed E-state index contributed by atoms with van der Waals surface area (Å²) in [4.78, 5) is 27.1. The second kappa shape index (κ2) is 5.69. The van der Waals surface area contributed by atoms with E-state index in [4.69, 9.17) is 5.11 Å². The molecule has 7 heteroatoms. The third kappa shape index (κ3) is 2.56. The van der Waals surface area contributed by atoms with Gasteiger partial charge in [0.25, 0.3) is 0 Å². The van der Waals surface area contributed by atoms with Crippen LogP contribution < -0.4 is 4.90 Å². The average molecular weight is 289 g/mol. The molecule has 1 fully saturated rings. The fourth-order valence-electron chi connectivity index (χ4n) is 2.92. The topological polar surface area (TPSA) is 85.4 Å². The lowest BCUT2D eigenvalue weighted by Crippen LogP contribution is -2.46. The SMILES string of the molecule is CN(c1ncnc2[nH]ccc12)C1CCN(C(=O)CO)CC1. The smallest absolute Gasteiger partial charge is 0.248 e. The Balaban J connectivity index is 1.73. The summed E-state index contributed by atoms with van der Waals surface area (Å²) in [6.07, 6.45) is 5.17. The summed E-state index contributed by atoms with van der Waals surface area (Å²) < 4.78 is 0. The molecule has 2 aromatic rings. The lowest BCUT2D eigenvalue weighted by molar-refractivity contribution is -0.135. The Morgan fingerprint density at radius 1 is 1.48 bits per heavy atom. The number of nitrogens with zero attached hydrogens (tertiary/aromatic N) is 4. The standard InChI is InChI=1S/C14H19N5O2/c1-18(10-3-6-19(7-4-10)12(21)8-20)14-11-2-5-15-13(11)16-9-17-14/h2,5,9-10,20H,3-4,6-8H2,1H3,(H,15,16,17). The van der Waals surface area contributed by atoms with Gasteiger partial charge in [0.05, 0.1) is 5.39 Å². The molecule has 1 saturated heterocycles. The van der Waals surface area contributed by atoms with E-state index >= 15 is 0 Å². The molecule has 0 radical (unpaired) electrons. The molecule has 1 aliphatic heterocycles. The van der Waals surface area contributed by atoms with Gasteiger partial charge in [-0.15, -0.1) is 0 Å². The van der Waals surface area contributed by atoms with Crippen LogP contribution in [0.25, 0.3) is 11.0 Å². The maximum absolute atomic E-state index is 11.5. The molecule has 21 heavy (non-hydrogen) atoms. The van der Waals surface area contributed by atoms with E-state index < -0.39 is 6.61 Å². The van der Waals surface area contributed by atoms with Gasteiger partial charge in [-0.2, -0.15) is 0 Å². The number of hydrogen-bond acceptors (Lipinski definition) is 5. The highest BCUT2D eigenvalue weighted by atomic mass is 16.3. The predicted octanol–water partition coefficient (Wildman–Crippen LogP) is 0.377. The minimum absolute atomic E-state index is 0.189. The molecule has 0 aromatic carbocycles. The molecule has 0 unspecified atom stereocenters. The van der Waals surface area contributed by atoms with Crippen LogP contribution in [0.3, 0.4) is 0 Å². The fraction of sp³-hybridized carbons (Fsp3) is 0.500. The van der Waals surface area contributed by atoms with E-state index in [0.29, 0.717) is 19.1 Å². The van der Waals surface area contributed by atoms with Crippen LogP contribution in [0.1, 0.15) is 12.8 Å². The molecule has 0 saturated carbocycles. The molecular weight excluding hydrogens is 270 g/mol. The molecule has 0 bridgehead atoms. The normalized spacial score (nSPS) is 16.4. The van der Waals surface area contributed by atoms with E-state index in [1.54, 1.807) is 11.2 Å². The fourth-order valence-corrected chi connectivity index (χ4v) is 2.92. The Morgan fingerprint density at radius 3 is 2.95 bits per heavy atom. The van der Waals surface area contributed by atoms with E-state index in [1.165, 1.54) is 0 Å². The predicted molar refractivity (Wildman–Crippen MR) is 79.0 cm³/mol. The highest BCUT2D eigenvalue weighted by Crippen LogP contribution is 2.26. The molecule has 2 aromatic heterocycles. The number of aromatic nitrogens is 3. The van der Waals surface area contributed by atoms with Gasteiger partial charge in [-0.05, 0) is 18.9 Å². The van der Waals surface area contributed by atoms with Crippen LogP contribution in [-0.2, 0) is 4.79 Å². The van der Waals surface area contributed by atoms with E-state index in [0.717, 1.165) is 29.7 Å². The molecule has 0 aliphatic carbocycles. The summed E-state index contributed by atoms with van der Waals surface area (Å²) >= 11 is 0. The maximum atomic E-state index is 11.5. The van der Waals surface area contributed by atoms with Crippen LogP contribution in [0.15, 0.2) is 18.6 Å². The number of nitrogens with one attached hydrogen (secondary N) is 1. The quantitative estimate of drug-likeness (QED) is 0.853. The monoisotopic (exact) mass is 289 g/mol. The van der Waals surface area contributed by atoms with Crippen molar-refractivity contribution in [1.29, 1.82) is 0 Å². The number of aromatic amines is 1. The summed E-state index contributed by atoms with van der Waals surface area (Å²) in [5.41, 5.74) is 0.833. The first-order valence-electron chi connectivity index (χ1n) is 7.10. The molecule has 1 amide bonds. The second-order valence-electron chi connectivity index (χ2n) is 5.32. The number of anilines is 1. The van der Waals surface area contributed by atoms with Crippen molar-refractivity contribution in [2.75, 3.05) is 31.6 Å². The van der Waals surface area contributed by atoms with Gasteiger partial charge >= 0.3 is 0 Å². The van der Waals surface area contributed by atoms with E-state index in [1.807, 2.05) is 19.3 Å². The molecule has 0 atom stereocenters. The van der Waals surface area contributed by atoms with Crippen LogP contribution in [0.4, 0.5) is 5.82 Å². The third-order valence-electron chi connectivity index (χ3n) is 4.17. The number of rotatable bonds is 3. The first-order valence-corrected chi connectivity index (χ1v) is 7.10. The summed E-state index contributed by atoms with van der Waals surface area (Å²) in [5, 5.41) is 9.92. The zero-order valence-electron chi connectivity index (χ0n) is 12.0. The van der Waals surface area contributed by atoms with Crippen molar-refractivity contribution in [2.45, 2.75) is 18.9 Å². The first-order chi connectivity index (χ1) is 10.2. The number of aliphatic hydroxyl groups is 1. The van der Waals surface area contributed by atoms with Crippen LogP contribution >= 0.6 is 0 Å². The largest absolute Gasteiger partial charge is 0.387 e. The summed E-state index contributed by atoms with van der Waals surface area (Å²) in [6, 6.07) is 2.31. The number of piperidine rings is 1. The van der Waals surface area contributed by atoms with Gasteiger partial charge in [-0.25, -0.2) is 9.97 Å². The van der Waals surface area contributed by atoms with Gasteiger partial charge < -0.3 is 19.9 Å². The van der Waals surface area contributed by atoms with Gasteiger partial charge in [0.1, 0.15) is 24.4 Å². The molecule has 3 heterocycles. The Bertz CT molecular complexity index is 633. The minimum Gasteiger partial charge on any atom is -0.387 e. The van der Waals surface area contributed by atoms with Crippen LogP contribution in [0.2, 0.25) is 0 Å². The van der Waals surface area contributed by atoms with Gasteiger partial charge in [0.2, 0.25) is 5.91 Å². The van der Waals surface area contributed by atoms with Crippen molar-refractivity contribution in [2.24, 2.45) is 0 Å². The minimum atomic E-state index is -0.406. The van der Waals surface area contributed by atoms with E-state index in [9.17, 15) is 4.79 Å². The Labute approximate surface area is 122 Å². The molecule has 0 spiro atoms. The number of fused-ring (bicyclic) bond motifs is 1. The molecule has 112 valence electrons. The Hall–Kier alpha value is -2.15. The number of hydrogen-bond donors (Lipinski definition) is 2.